The fourth-order valence-corrected chi connectivity index (χ4v) is 2.99. The molecule has 23 heavy (non-hydrogen) atoms. The lowest BCUT2D eigenvalue weighted by atomic mass is 10.0. The molecule has 4 heteroatoms. The van der Waals surface area contributed by atoms with E-state index in [0.717, 1.165) is 35.6 Å². The van der Waals surface area contributed by atoms with Crippen molar-refractivity contribution in [3.8, 4) is 11.3 Å². The largest absolute Gasteiger partial charge is 0.310 e. The predicted octanol–water partition coefficient (Wildman–Crippen LogP) is 3.97. The summed E-state index contributed by atoms with van der Waals surface area (Å²) in [5.41, 5.74) is 5.09. The summed E-state index contributed by atoms with van der Waals surface area (Å²) in [7, 11) is 0. The molecule has 4 rings (SSSR count). The number of rotatable bonds is 3. The van der Waals surface area contributed by atoms with Gasteiger partial charge in [-0.05, 0) is 51.0 Å². The number of benzene rings is 1. The van der Waals surface area contributed by atoms with Crippen molar-refractivity contribution in [2.24, 2.45) is 5.92 Å². The summed E-state index contributed by atoms with van der Waals surface area (Å²) in [6, 6.07) is 12.2. The van der Waals surface area contributed by atoms with Crippen molar-refractivity contribution >= 4 is 17.4 Å². The molecule has 0 spiro atoms. The van der Waals surface area contributed by atoms with Crippen molar-refractivity contribution in [1.29, 1.82) is 0 Å². The van der Waals surface area contributed by atoms with Crippen LogP contribution in [0.15, 0.2) is 42.6 Å². The number of aromatic nitrogens is 2. The Balaban J connectivity index is 1.88. The number of carbonyl (C=O) groups is 1. The molecule has 2 heterocycles. The molecule has 1 fully saturated rings. The van der Waals surface area contributed by atoms with Crippen molar-refractivity contribution in [3.63, 3.8) is 0 Å². The zero-order chi connectivity index (χ0) is 16.0. The number of nitrogens with zero attached hydrogens (tertiary/aromatic N) is 2. The highest BCUT2D eigenvalue weighted by atomic mass is 16.2. The van der Waals surface area contributed by atoms with Gasteiger partial charge in [-0.25, -0.2) is 4.98 Å². The van der Waals surface area contributed by atoms with Gasteiger partial charge in [0.25, 0.3) is 0 Å². The Morgan fingerprint density at radius 2 is 1.91 bits per heavy atom. The Kier molecular flexibility index (Phi) is 3.18. The van der Waals surface area contributed by atoms with Crippen LogP contribution in [0.5, 0.6) is 0 Å². The van der Waals surface area contributed by atoms with E-state index in [9.17, 15) is 4.79 Å². The predicted molar refractivity (Wildman–Crippen MR) is 91.5 cm³/mol. The second-order valence-electron chi connectivity index (χ2n) is 6.38. The molecule has 0 unspecified atom stereocenters. The first kappa shape index (κ1) is 14.0. The summed E-state index contributed by atoms with van der Waals surface area (Å²) in [5, 5.41) is 3.09. The third kappa shape index (κ3) is 2.61. The summed E-state index contributed by atoms with van der Waals surface area (Å²) < 4.78 is 1.95. The molecule has 0 radical (unpaired) electrons. The molecule has 1 amide bonds. The number of fused-ring (bicyclic) bond motifs is 1. The molecular weight excluding hydrogens is 286 g/mol. The molecule has 116 valence electrons. The molecule has 2 aromatic heterocycles. The second kappa shape index (κ2) is 5.23. The molecule has 1 N–H and O–H groups in total. The van der Waals surface area contributed by atoms with Gasteiger partial charge in [-0.3, -0.25) is 9.20 Å². The Morgan fingerprint density at radius 1 is 1.17 bits per heavy atom. The normalized spacial score (nSPS) is 14.2. The van der Waals surface area contributed by atoms with Gasteiger partial charge in [-0.2, -0.15) is 0 Å². The molecule has 3 aromatic rings. The monoisotopic (exact) mass is 305 g/mol. The van der Waals surface area contributed by atoms with Crippen molar-refractivity contribution in [3.05, 3.63) is 53.7 Å². The second-order valence-corrected chi connectivity index (χ2v) is 6.38. The zero-order valence-electron chi connectivity index (χ0n) is 13.3. The molecule has 1 saturated carbocycles. The van der Waals surface area contributed by atoms with Gasteiger partial charge < -0.3 is 5.32 Å². The van der Waals surface area contributed by atoms with Crippen LogP contribution in [0.3, 0.4) is 0 Å². The van der Waals surface area contributed by atoms with Gasteiger partial charge in [0.1, 0.15) is 17.2 Å². The summed E-state index contributed by atoms with van der Waals surface area (Å²) in [4.78, 5) is 17.0. The number of hydrogen-bond donors (Lipinski definition) is 1. The topological polar surface area (TPSA) is 46.4 Å². The van der Waals surface area contributed by atoms with E-state index in [-0.39, 0.29) is 11.8 Å². The van der Waals surface area contributed by atoms with Crippen LogP contribution in [-0.2, 0) is 4.79 Å². The minimum absolute atomic E-state index is 0.0984. The molecule has 1 aliphatic rings. The van der Waals surface area contributed by atoms with Crippen LogP contribution in [0.1, 0.15) is 24.0 Å². The molecule has 1 aliphatic carbocycles. The molecule has 0 bridgehead atoms. The number of pyridine rings is 1. The average Bonchev–Trinajstić information content (AvgIpc) is 3.30. The first-order valence-electron chi connectivity index (χ1n) is 7.98. The fourth-order valence-electron chi connectivity index (χ4n) is 2.99. The lowest BCUT2D eigenvalue weighted by Gasteiger charge is -2.08. The van der Waals surface area contributed by atoms with E-state index in [1.807, 2.05) is 28.8 Å². The number of amides is 1. The highest BCUT2D eigenvalue weighted by Crippen LogP contribution is 2.34. The van der Waals surface area contributed by atoms with Crippen LogP contribution in [0.25, 0.3) is 16.9 Å². The summed E-state index contributed by atoms with van der Waals surface area (Å²) in [6.45, 7) is 4.16. The number of aryl methyl sites for hydroxylation is 2. The van der Waals surface area contributed by atoms with Crippen LogP contribution in [-0.4, -0.2) is 15.3 Å². The van der Waals surface area contributed by atoms with E-state index in [1.165, 1.54) is 11.1 Å². The molecule has 0 atom stereocenters. The summed E-state index contributed by atoms with van der Waals surface area (Å²) >= 11 is 0. The van der Waals surface area contributed by atoms with Gasteiger partial charge in [-0.15, -0.1) is 0 Å². The van der Waals surface area contributed by atoms with Crippen molar-refractivity contribution < 1.29 is 4.79 Å². The van der Waals surface area contributed by atoms with E-state index < -0.39 is 0 Å². The van der Waals surface area contributed by atoms with Crippen LogP contribution in [0, 0.1) is 19.8 Å². The van der Waals surface area contributed by atoms with Crippen molar-refractivity contribution in [2.75, 3.05) is 5.32 Å². The number of carbonyl (C=O) groups excluding carboxylic acids is 1. The fraction of sp³-hybridized carbons (Fsp3) is 0.263. The molecule has 4 nitrogen and oxygen atoms in total. The lowest BCUT2D eigenvalue weighted by Crippen LogP contribution is -2.15. The minimum Gasteiger partial charge on any atom is -0.310 e. The first-order chi connectivity index (χ1) is 11.1. The van der Waals surface area contributed by atoms with Crippen LogP contribution < -0.4 is 5.32 Å². The van der Waals surface area contributed by atoms with Crippen molar-refractivity contribution in [2.45, 2.75) is 26.7 Å². The highest BCUT2D eigenvalue weighted by molar-refractivity contribution is 5.97. The molecule has 0 aliphatic heterocycles. The smallest absolute Gasteiger partial charge is 0.228 e. The van der Waals surface area contributed by atoms with E-state index in [2.05, 4.69) is 37.4 Å². The highest BCUT2D eigenvalue weighted by Gasteiger charge is 2.31. The van der Waals surface area contributed by atoms with Gasteiger partial charge in [0.2, 0.25) is 5.91 Å². The number of anilines is 1. The Bertz CT molecular complexity index is 886. The van der Waals surface area contributed by atoms with Crippen molar-refractivity contribution in [1.82, 2.24) is 9.38 Å². The Labute approximate surface area is 135 Å². The van der Waals surface area contributed by atoms with E-state index in [4.69, 9.17) is 4.98 Å². The summed E-state index contributed by atoms with van der Waals surface area (Å²) in [5.74, 6) is 1.03. The van der Waals surface area contributed by atoms with Gasteiger partial charge in [0.15, 0.2) is 0 Å². The van der Waals surface area contributed by atoms with E-state index in [1.54, 1.807) is 0 Å². The third-order valence-corrected chi connectivity index (χ3v) is 4.21. The van der Waals surface area contributed by atoms with Crippen LogP contribution in [0.4, 0.5) is 5.82 Å². The van der Waals surface area contributed by atoms with Crippen LogP contribution in [0.2, 0.25) is 0 Å². The van der Waals surface area contributed by atoms with Gasteiger partial charge in [-0.1, -0.05) is 23.3 Å². The Hall–Kier alpha value is -2.62. The average molecular weight is 305 g/mol. The SMILES string of the molecule is Cc1cc(C)cc(-c2nc3ccccn3c2NC(=O)C2CC2)c1. The van der Waals surface area contributed by atoms with Gasteiger partial charge in [0, 0.05) is 17.7 Å². The number of imidazole rings is 1. The Morgan fingerprint density at radius 3 is 2.61 bits per heavy atom. The first-order valence-corrected chi connectivity index (χ1v) is 7.98. The lowest BCUT2D eigenvalue weighted by molar-refractivity contribution is -0.117. The van der Waals surface area contributed by atoms with E-state index >= 15 is 0 Å². The third-order valence-electron chi connectivity index (χ3n) is 4.21. The number of hydrogen-bond acceptors (Lipinski definition) is 2. The van der Waals surface area contributed by atoms with Crippen LogP contribution >= 0.6 is 0 Å². The quantitative estimate of drug-likeness (QED) is 0.796. The molecule has 0 saturated heterocycles. The van der Waals surface area contributed by atoms with Gasteiger partial charge in [0.05, 0.1) is 0 Å². The number of nitrogens with one attached hydrogen (secondary N) is 1. The zero-order valence-corrected chi connectivity index (χ0v) is 13.3. The van der Waals surface area contributed by atoms with E-state index in [0.29, 0.717) is 0 Å². The minimum atomic E-state index is 0.0984. The maximum Gasteiger partial charge on any atom is 0.228 e. The summed E-state index contributed by atoms with van der Waals surface area (Å²) in [6.07, 6.45) is 3.92. The molecule has 1 aromatic carbocycles. The standard InChI is InChI=1S/C19H19N3O/c1-12-9-13(2)11-15(10-12)17-18(21-19(23)14-6-7-14)22-8-4-3-5-16(22)20-17/h3-5,8-11,14H,6-7H2,1-2H3,(H,21,23). The maximum absolute atomic E-state index is 12.3. The maximum atomic E-state index is 12.3. The molecular formula is C19H19N3O. The van der Waals surface area contributed by atoms with Gasteiger partial charge >= 0.3 is 0 Å².